The maximum Gasteiger partial charge on any atom is 0.330 e. The molecule has 0 saturated heterocycles. The molecule has 6 aromatic rings. The van der Waals surface area contributed by atoms with E-state index >= 15 is 0 Å². The predicted octanol–water partition coefficient (Wildman–Crippen LogP) is 2.19. The van der Waals surface area contributed by atoms with Crippen LogP contribution in [0.2, 0.25) is 0 Å². The van der Waals surface area contributed by atoms with Gasteiger partial charge in [-0.05, 0) is 36.4 Å². The summed E-state index contributed by atoms with van der Waals surface area (Å²) in [4.78, 5) is 26.7. The zero-order valence-electron chi connectivity index (χ0n) is 19.0. The van der Waals surface area contributed by atoms with Crippen molar-refractivity contribution < 1.29 is 9.15 Å². The summed E-state index contributed by atoms with van der Waals surface area (Å²) < 4.78 is 17.1. The molecule has 0 atom stereocenters. The van der Waals surface area contributed by atoms with Crippen LogP contribution in [-0.2, 0) is 20.1 Å². The minimum absolute atomic E-state index is 0.126. The Labute approximate surface area is 197 Å². The number of fused-ring (bicyclic) bond motifs is 3. The summed E-state index contributed by atoms with van der Waals surface area (Å²) in [5.74, 6) is 1.77. The van der Waals surface area contributed by atoms with Crippen molar-refractivity contribution in [3.63, 3.8) is 0 Å². The highest BCUT2D eigenvalue weighted by molar-refractivity contribution is 5.88. The number of anilines is 1. The molecule has 12 heteroatoms. The molecule has 0 aliphatic heterocycles. The number of aryl methyl sites for hydroxylation is 3. The second kappa shape index (κ2) is 7.87. The van der Waals surface area contributed by atoms with Crippen LogP contribution < -0.4 is 16.2 Å². The first-order chi connectivity index (χ1) is 17.0. The average molecular weight is 471 g/mol. The molecule has 5 aromatic heterocycles. The molecule has 0 unspecified atom stereocenters. The molecule has 0 aliphatic carbocycles. The van der Waals surface area contributed by atoms with Crippen LogP contribution in [0.5, 0.6) is 5.75 Å². The van der Waals surface area contributed by atoms with Gasteiger partial charge < -0.3 is 19.5 Å². The average Bonchev–Trinajstić information content (AvgIpc) is 3.66. The number of nitrogen functional groups attached to an aromatic ring is 1. The van der Waals surface area contributed by atoms with E-state index in [1.165, 1.54) is 9.08 Å². The maximum atomic E-state index is 13.1. The highest BCUT2D eigenvalue weighted by Gasteiger charge is 2.21. The lowest BCUT2D eigenvalue weighted by atomic mass is 10.2. The third-order valence-electron chi connectivity index (χ3n) is 5.92. The second-order valence-electron chi connectivity index (χ2n) is 8.01. The van der Waals surface area contributed by atoms with Gasteiger partial charge in [0.05, 0.1) is 25.4 Å². The molecule has 0 fully saturated rings. The molecule has 1 aromatic carbocycles. The molecule has 0 aliphatic rings. The van der Waals surface area contributed by atoms with Crippen molar-refractivity contribution in [1.82, 2.24) is 38.3 Å². The lowest BCUT2D eigenvalue weighted by Gasteiger charge is -2.05. The molecule has 0 amide bonds. The highest BCUT2D eigenvalue weighted by Crippen LogP contribution is 2.24. The molecule has 0 saturated carbocycles. The van der Waals surface area contributed by atoms with Crippen LogP contribution in [0.25, 0.3) is 39.7 Å². The number of ether oxygens (including phenoxy) is 1. The van der Waals surface area contributed by atoms with Gasteiger partial charge in [-0.3, -0.25) is 9.13 Å². The molecule has 0 radical (unpaired) electrons. The fourth-order valence-electron chi connectivity index (χ4n) is 4.11. The van der Waals surface area contributed by atoms with E-state index in [1.54, 1.807) is 43.4 Å². The van der Waals surface area contributed by atoms with E-state index < -0.39 is 0 Å². The van der Waals surface area contributed by atoms with E-state index in [-0.39, 0.29) is 11.6 Å². The van der Waals surface area contributed by atoms with Gasteiger partial charge in [0.2, 0.25) is 11.8 Å². The largest absolute Gasteiger partial charge is 0.497 e. The summed E-state index contributed by atoms with van der Waals surface area (Å²) in [6.07, 6.45) is 5.22. The van der Waals surface area contributed by atoms with Crippen molar-refractivity contribution >= 4 is 22.8 Å². The van der Waals surface area contributed by atoms with E-state index in [9.17, 15) is 4.79 Å². The van der Waals surface area contributed by atoms with Crippen molar-refractivity contribution in [2.75, 3.05) is 12.8 Å². The Hall–Kier alpha value is -4.87. The number of methoxy groups -OCH3 is 1. The third-order valence-corrected chi connectivity index (χ3v) is 5.92. The summed E-state index contributed by atoms with van der Waals surface area (Å²) >= 11 is 0. The van der Waals surface area contributed by atoms with E-state index in [2.05, 4.69) is 20.1 Å². The van der Waals surface area contributed by atoms with Crippen molar-refractivity contribution in [3.8, 4) is 28.6 Å². The Morgan fingerprint density at radius 2 is 1.91 bits per heavy atom. The zero-order chi connectivity index (χ0) is 24.1. The fourth-order valence-corrected chi connectivity index (χ4v) is 4.11. The van der Waals surface area contributed by atoms with Crippen LogP contribution in [0.15, 0.2) is 64.4 Å². The lowest BCUT2D eigenvalue weighted by molar-refractivity contribution is 0.415. The molecule has 176 valence electrons. The van der Waals surface area contributed by atoms with Crippen molar-refractivity contribution in [2.45, 2.75) is 13.1 Å². The number of furan rings is 1. The van der Waals surface area contributed by atoms with E-state index in [1.807, 2.05) is 35.0 Å². The van der Waals surface area contributed by atoms with Gasteiger partial charge in [0.25, 0.3) is 0 Å². The summed E-state index contributed by atoms with van der Waals surface area (Å²) in [6.45, 7) is 0.885. The summed E-state index contributed by atoms with van der Waals surface area (Å²) in [7, 11) is 3.31. The van der Waals surface area contributed by atoms with Crippen molar-refractivity contribution in [1.29, 1.82) is 0 Å². The molecular weight excluding hydrogens is 450 g/mol. The molecule has 12 nitrogen and oxygen atoms in total. The lowest BCUT2D eigenvalue weighted by Crippen LogP contribution is -2.24. The highest BCUT2D eigenvalue weighted by atomic mass is 16.5. The fraction of sp³-hybridized carbons (Fsp3) is 0.174. The normalized spacial score (nSPS) is 11.6. The van der Waals surface area contributed by atoms with E-state index in [0.29, 0.717) is 41.5 Å². The molecule has 5 heterocycles. The first-order valence-corrected chi connectivity index (χ1v) is 10.8. The Morgan fingerprint density at radius 3 is 2.66 bits per heavy atom. The Balaban J connectivity index is 1.34. The van der Waals surface area contributed by atoms with Gasteiger partial charge >= 0.3 is 5.69 Å². The Kier molecular flexibility index (Phi) is 4.66. The van der Waals surface area contributed by atoms with Crippen LogP contribution in [0.4, 0.5) is 5.95 Å². The SMILES string of the molecule is COc1ccc(-c2cn(CCn3c(=O)n(C)c4c3nc(N)n3nc(-c5ccco5)nc43)cn2)cc1. The van der Waals surface area contributed by atoms with Crippen molar-refractivity contribution in [3.05, 3.63) is 65.7 Å². The molecule has 0 spiro atoms. The minimum atomic E-state index is -0.224. The predicted molar refractivity (Wildman–Crippen MR) is 128 cm³/mol. The summed E-state index contributed by atoms with van der Waals surface area (Å²) in [5, 5.41) is 4.40. The quantitative estimate of drug-likeness (QED) is 0.390. The summed E-state index contributed by atoms with van der Waals surface area (Å²) in [5.41, 5.74) is 9.18. The number of nitrogens with zero attached hydrogens (tertiary/aromatic N) is 8. The number of rotatable bonds is 6. The van der Waals surface area contributed by atoms with E-state index in [4.69, 9.17) is 14.9 Å². The number of aromatic nitrogens is 8. The summed E-state index contributed by atoms with van der Waals surface area (Å²) in [6, 6.07) is 11.2. The van der Waals surface area contributed by atoms with Crippen LogP contribution in [0.1, 0.15) is 0 Å². The number of hydrogen-bond acceptors (Lipinski definition) is 8. The van der Waals surface area contributed by atoms with Gasteiger partial charge in [-0.25, -0.2) is 14.8 Å². The third kappa shape index (κ3) is 3.34. The van der Waals surface area contributed by atoms with Gasteiger partial charge in [-0.1, -0.05) is 0 Å². The second-order valence-corrected chi connectivity index (χ2v) is 8.01. The van der Waals surface area contributed by atoms with Gasteiger partial charge in [-0.2, -0.15) is 9.50 Å². The standard InChI is InChI=1S/C23H21N9O3/c1-29-18-20(27-22(24)32-21(18)26-19(28-32)17-4-3-11-35-17)31(23(29)33)10-9-30-12-16(25-13-30)14-5-7-15(34-2)8-6-14/h3-8,11-13H,9-10H2,1-2H3,(H2,24,27). The van der Waals surface area contributed by atoms with Crippen molar-refractivity contribution in [2.24, 2.45) is 7.05 Å². The zero-order valence-corrected chi connectivity index (χ0v) is 19.0. The Morgan fingerprint density at radius 1 is 1.09 bits per heavy atom. The molecule has 2 N–H and O–H groups in total. The smallest absolute Gasteiger partial charge is 0.330 e. The van der Waals surface area contributed by atoms with Crippen LogP contribution in [-0.4, -0.2) is 45.4 Å². The molecule has 6 rings (SSSR count). The Bertz CT molecular complexity index is 1720. The van der Waals surface area contributed by atoms with Gasteiger partial charge in [0.15, 0.2) is 17.1 Å². The monoisotopic (exact) mass is 471 g/mol. The van der Waals surface area contributed by atoms with Gasteiger partial charge in [-0.15, -0.1) is 5.10 Å². The van der Waals surface area contributed by atoms with Crippen LogP contribution in [0, 0.1) is 0 Å². The number of hydrogen-bond donors (Lipinski definition) is 1. The first-order valence-electron chi connectivity index (χ1n) is 10.8. The van der Waals surface area contributed by atoms with Crippen LogP contribution in [0.3, 0.4) is 0 Å². The minimum Gasteiger partial charge on any atom is -0.497 e. The maximum absolute atomic E-state index is 13.1. The molecular formula is C23H21N9O3. The number of benzene rings is 1. The number of imidazole rings is 2. The van der Waals surface area contributed by atoms with Gasteiger partial charge in [0, 0.05) is 31.9 Å². The van der Waals surface area contributed by atoms with Crippen LogP contribution >= 0.6 is 0 Å². The topological polar surface area (TPSA) is 136 Å². The number of nitrogens with two attached hydrogens (primary N) is 1. The molecule has 35 heavy (non-hydrogen) atoms. The molecule has 0 bridgehead atoms. The van der Waals surface area contributed by atoms with Gasteiger partial charge in [0.1, 0.15) is 11.3 Å². The first kappa shape index (κ1) is 20.7. The van der Waals surface area contributed by atoms with E-state index in [0.717, 1.165) is 17.0 Å².